The van der Waals surface area contributed by atoms with Crippen molar-refractivity contribution in [3.8, 4) is 6.07 Å². The molecule has 2 amide bonds. The highest BCUT2D eigenvalue weighted by atomic mass is 19.3. The molecule has 8 heteroatoms. The molecule has 0 saturated heterocycles. The minimum Gasteiger partial charge on any atom is -0.325 e. The molecule has 0 spiro atoms. The molecule has 4 rings (SSSR count). The number of nitrogens with zero attached hydrogens (tertiary/aromatic N) is 1. The predicted octanol–water partition coefficient (Wildman–Crippen LogP) is 5.26. The van der Waals surface area contributed by atoms with Crippen molar-refractivity contribution in [2.75, 3.05) is 10.6 Å². The van der Waals surface area contributed by atoms with E-state index in [2.05, 4.69) is 10.6 Å². The second-order valence-electron chi connectivity index (χ2n) is 7.98. The maximum atomic E-state index is 13.9. The number of benzene rings is 3. The number of rotatable bonds is 5. The molecule has 0 heterocycles. The number of halogens is 3. The number of carbonyl (C=O) groups is 2. The van der Waals surface area contributed by atoms with Crippen LogP contribution in [0.3, 0.4) is 0 Å². The average Bonchev–Trinajstić information content (AvgIpc) is 2.79. The van der Waals surface area contributed by atoms with Crippen molar-refractivity contribution in [1.82, 2.24) is 0 Å². The standard InChI is InChI=1S/C25H18F3N3O2/c26-19-6-10-21(11-7-19)31-23(33)24(14-25(27,28)15-24)18-4-8-20(9-5-18)30-22(32)17-3-1-2-16(12-17)13-29/h1-12H,14-15H2,(H,30,32)(H,31,33). The maximum absolute atomic E-state index is 13.9. The molecule has 1 saturated carbocycles. The van der Waals surface area contributed by atoms with Crippen LogP contribution < -0.4 is 10.6 Å². The Morgan fingerprint density at radius 1 is 0.879 bits per heavy atom. The summed E-state index contributed by atoms with van der Waals surface area (Å²) >= 11 is 0. The molecule has 0 bridgehead atoms. The van der Waals surface area contributed by atoms with Gasteiger partial charge in [-0.3, -0.25) is 9.59 Å². The summed E-state index contributed by atoms with van der Waals surface area (Å²) in [6, 6.07) is 19.3. The normalized spacial score (nSPS) is 15.6. The van der Waals surface area contributed by atoms with Crippen LogP contribution in [0.4, 0.5) is 24.5 Å². The van der Waals surface area contributed by atoms with E-state index in [1.165, 1.54) is 54.6 Å². The molecule has 3 aromatic carbocycles. The Labute approximate surface area is 187 Å². The number of amides is 2. The minimum atomic E-state index is -2.97. The second-order valence-corrected chi connectivity index (χ2v) is 7.98. The fourth-order valence-electron chi connectivity index (χ4n) is 3.92. The number of carbonyl (C=O) groups excluding carboxylic acids is 2. The van der Waals surface area contributed by atoms with Crippen molar-refractivity contribution in [1.29, 1.82) is 5.26 Å². The average molecular weight is 449 g/mol. The summed E-state index contributed by atoms with van der Waals surface area (Å²) in [5, 5.41) is 14.2. The van der Waals surface area contributed by atoms with Crippen LogP contribution in [0.15, 0.2) is 72.8 Å². The summed E-state index contributed by atoms with van der Waals surface area (Å²) in [6.07, 6.45) is -1.31. The van der Waals surface area contributed by atoms with Gasteiger partial charge in [-0.05, 0) is 60.2 Å². The highest BCUT2D eigenvalue weighted by Gasteiger charge is 2.61. The second kappa shape index (κ2) is 8.43. The zero-order valence-corrected chi connectivity index (χ0v) is 17.2. The third-order valence-electron chi connectivity index (χ3n) is 5.61. The number of hydrogen-bond acceptors (Lipinski definition) is 3. The Kier molecular flexibility index (Phi) is 5.64. The molecular formula is C25H18F3N3O2. The molecule has 1 aliphatic rings. The third kappa shape index (κ3) is 4.58. The Morgan fingerprint density at radius 3 is 2.09 bits per heavy atom. The van der Waals surface area contributed by atoms with E-state index in [1.807, 2.05) is 6.07 Å². The number of anilines is 2. The first-order valence-electron chi connectivity index (χ1n) is 10.1. The highest BCUT2D eigenvalue weighted by molar-refractivity contribution is 6.04. The van der Waals surface area contributed by atoms with Gasteiger partial charge in [-0.15, -0.1) is 0 Å². The van der Waals surface area contributed by atoms with Gasteiger partial charge in [0.1, 0.15) is 5.82 Å². The van der Waals surface area contributed by atoms with E-state index in [1.54, 1.807) is 18.2 Å². The SMILES string of the molecule is N#Cc1cccc(C(=O)Nc2ccc(C3(C(=O)Nc4ccc(F)cc4)CC(F)(F)C3)cc2)c1. The molecule has 0 unspecified atom stereocenters. The first-order valence-corrected chi connectivity index (χ1v) is 10.1. The van der Waals surface area contributed by atoms with Gasteiger partial charge in [0, 0.05) is 29.8 Å². The van der Waals surface area contributed by atoms with Gasteiger partial charge >= 0.3 is 0 Å². The van der Waals surface area contributed by atoms with Crippen molar-refractivity contribution < 1.29 is 22.8 Å². The zero-order valence-electron chi connectivity index (χ0n) is 17.2. The van der Waals surface area contributed by atoms with Crippen LogP contribution in [-0.4, -0.2) is 17.7 Å². The van der Waals surface area contributed by atoms with E-state index in [0.29, 0.717) is 28.1 Å². The van der Waals surface area contributed by atoms with E-state index in [0.717, 1.165) is 0 Å². The monoisotopic (exact) mass is 449 g/mol. The van der Waals surface area contributed by atoms with Crippen LogP contribution in [0.1, 0.15) is 34.3 Å². The molecular weight excluding hydrogens is 431 g/mol. The van der Waals surface area contributed by atoms with Gasteiger partial charge in [0.05, 0.1) is 17.0 Å². The van der Waals surface area contributed by atoms with Crippen molar-refractivity contribution >= 4 is 23.2 Å². The fourth-order valence-corrected chi connectivity index (χ4v) is 3.92. The van der Waals surface area contributed by atoms with Crippen LogP contribution in [0.2, 0.25) is 0 Å². The first-order chi connectivity index (χ1) is 15.7. The largest absolute Gasteiger partial charge is 0.325 e. The lowest BCUT2D eigenvalue weighted by atomic mass is 9.61. The van der Waals surface area contributed by atoms with Crippen molar-refractivity contribution in [2.45, 2.75) is 24.2 Å². The first kappa shape index (κ1) is 22.1. The minimum absolute atomic E-state index is 0.298. The molecule has 1 aliphatic carbocycles. The Balaban J connectivity index is 1.53. The quantitative estimate of drug-likeness (QED) is 0.558. The number of nitriles is 1. The van der Waals surface area contributed by atoms with Gasteiger partial charge in [-0.2, -0.15) is 5.26 Å². The topological polar surface area (TPSA) is 82.0 Å². The van der Waals surface area contributed by atoms with Gasteiger partial charge in [-0.1, -0.05) is 18.2 Å². The van der Waals surface area contributed by atoms with Gasteiger partial charge in [0.25, 0.3) is 11.8 Å². The Morgan fingerprint density at radius 2 is 1.48 bits per heavy atom. The van der Waals surface area contributed by atoms with Crippen LogP contribution in [-0.2, 0) is 10.2 Å². The Bertz CT molecular complexity index is 1240. The van der Waals surface area contributed by atoms with Gasteiger partial charge in [-0.25, -0.2) is 13.2 Å². The molecule has 166 valence electrons. The summed E-state index contributed by atoms with van der Waals surface area (Å²) in [6.45, 7) is 0. The van der Waals surface area contributed by atoms with Crippen LogP contribution in [0, 0.1) is 17.1 Å². The van der Waals surface area contributed by atoms with Gasteiger partial charge in [0.15, 0.2) is 0 Å². The van der Waals surface area contributed by atoms with Crippen molar-refractivity contribution in [2.24, 2.45) is 0 Å². The van der Waals surface area contributed by atoms with E-state index >= 15 is 0 Å². The van der Waals surface area contributed by atoms with Gasteiger partial charge in [0.2, 0.25) is 5.91 Å². The van der Waals surface area contributed by atoms with Crippen molar-refractivity contribution in [3.63, 3.8) is 0 Å². The van der Waals surface area contributed by atoms with Crippen LogP contribution in [0.5, 0.6) is 0 Å². The van der Waals surface area contributed by atoms with Crippen LogP contribution in [0.25, 0.3) is 0 Å². The predicted molar refractivity (Wildman–Crippen MR) is 116 cm³/mol. The molecule has 0 aromatic heterocycles. The molecule has 1 fully saturated rings. The summed E-state index contributed by atoms with van der Waals surface area (Å²) in [5.41, 5.74) is 0.301. The fraction of sp³-hybridized carbons (Fsp3) is 0.160. The Hall–Kier alpha value is -4.12. The van der Waals surface area contributed by atoms with E-state index in [4.69, 9.17) is 5.26 Å². The molecule has 0 atom stereocenters. The maximum Gasteiger partial charge on any atom is 0.255 e. The summed E-state index contributed by atoms with van der Waals surface area (Å²) in [4.78, 5) is 25.4. The highest BCUT2D eigenvalue weighted by Crippen LogP contribution is 2.54. The summed E-state index contributed by atoms with van der Waals surface area (Å²) in [7, 11) is 0. The lowest BCUT2D eigenvalue weighted by Crippen LogP contribution is -2.56. The summed E-state index contributed by atoms with van der Waals surface area (Å²) < 4.78 is 40.8. The molecule has 2 N–H and O–H groups in total. The van der Waals surface area contributed by atoms with E-state index < -0.39 is 41.8 Å². The van der Waals surface area contributed by atoms with Crippen molar-refractivity contribution in [3.05, 3.63) is 95.3 Å². The number of alkyl halides is 2. The molecule has 3 aromatic rings. The zero-order chi connectivity index (χ0) is 23.6. The third-order valence-corrected chi connectivity index (χ3v) is 5.61. The molecule has 5 nitrogen and oxygen atoms in total. The van der Waals surface area contributed by atoms with Gasteiger partial charge < -0.3 is 10.6 Å². The van der Waals surface area contributed by atoms with E-state index in [9.17, 15) is 22.8 Å². The lowest BCUT2D eigenvalue weighted by molar-refractivity contribution is -0.154. The molecule has 0 aliphatic heterocycles. The summed E-state index contributed by atoms with van der Waals surface area (Å²) in [5.74, 6) is -4.49. The number of hydrogen-bond donors (Lipinski definition) is 2. The molecule has 33 heavy (non-hydrogen) atoms. The van der Waals surface area contributed by atoms with Crippen LogP contribution >= 0.6 is 0 Å². The molecule has 0 radical (unpaired) electrons. The smallest absolute Gasteiger partial charge is 0.255 e. The lowest BCUT2D eigenvalue weighted by Gasteiger charge is -2.46. The van der Waals surface area contributed by atoms with E-state index in [-0.39, 0.29) is 0 Å². The number of nitrogens with one attached hydrogen (secondary N) is 2.